The lowest BCUT2D eigenvalue weighted by Crippen LogP contribution is -2.23. The van der Waals surface area contributed by atoms with Crippen molar-refractivity contribution in [1.29, 1.82) is 0 Å². The van der Waals surface area contributed by atoms with Gasteiger partial charge in [-0.1, -0.05) is 13.0 Å². The van der Waals surface area contributed by atoms with E-state index in [2.05, 4.69) is 18.3 Å². The Morgan fingerprint density at radius 2 is 2.00 bits per heavy atom. The molecule has 3 nitrogen and oxygen atoms in total. The van der Waals surface area contributed by atoms with Gasteiger partial charge in [-0.05, 0) is 45.0 Å². The highest BCUT2D eigenvalue weighted by Gasteiger charge is 2.21. The van der Waals surface area contributed by atoms with E-state index in [0.29, 0.717) is 5.75 Å². The molecule has 0 heterocycles. The average molecular weight is 283 g/mol. The van der Waals surface area contributed by atoms with Gasteiger partial charge in [0.25, 0.3) is 0 Å². The van der Waals surface area contributed by atoms with E-state index >= 15 is 0 Å². The van der Waals surface area contributed by atoms with E-state index in [0.717, 1.165) is 24.4 Å². The lowest BCUT2D eigenvalue weighted by Gasteiger charge is -2.19. The summed E-state index contributed by atoms with van der Waals surface area (Å²) in [5.41, 5.74) is 2.22. The van der Waals surface area contributed by atoms with Gasteiger partial charge < -0.3 is 10.1 Å². The van der Waals surface area contributed by atoms with Crippen molar-refractivity contribution >= 4 is 10.8 Å². The van der Waals surface area contributed by atoms with Crippen LogP contribution in [0.5, 0.6) is 5.75 Å². The van der Waals surface area contributed by atoms with Gasteiger partial charge in [-0.25, -0.2) is 0 Å². The van der Waals surface area contributed by atoms with Crippen LogP contribution in [0.3, 0.4) is 0 Å². The van der Waals surface area contributed by atoms with Gasteiger partial charge in [0.2, 0.25) is 0 Å². The molecule has 108 valence electrons. The SMILES string of the molecule is CCNCc1ccc(OC)c(CS(=O)C(C)(C)C)c1. The van der Waals surface area contributed by atoms with Crippen molar-refractivity contribution < 1.29 is 8.95 Å². The zero-order valence-electron chi connectivity index (χ0n) is 12.6. The standard InChI is InChI=1S/C15H25NO2S/c1-6-16-10-12-7-8-14(18-5)13(9-12)11-19(17)15(2,3)4/h7-9,16H,6,10-11H2,1-5H3. The fourth-order valence-electron chi connectivity index (χ4n) is 1.68. The van der Waals surface area contributed by atoms with E-state index in [-0.39, 0.29) is 4.75 Å². The lowest BCUT2D eigenvalue weighted by atomic mass is 10.1. The van der Waals surface area contributed by atoms with Crippen LogP contribution >= 0.6 is 0 Å². The molecule has 0 aliphatic carbocycles. The van der Waals surface area contributed by atoms with Crippen LogP contribution in [-0.4, -0.2) is 22.6 Å². The Balaban J connectivity index is 2.93. The second-order valence-corrected chi connectivity index (χ2v) is 7.73. The Morgan fingerprint density at radius 3 is 2.53 bits per heavy atom. The first kappa shape index (κ1) is 16.2. The number of hydrogen-bond acceptors (Lipinski definition) is 3. The second kappa shape index (κ2) is 7.06. The molecule has 0 fully saturated rings. The second-order valence-electron chi connectivity index (χ2n) is 5.53. The number of ether oxygens (including phenoxy) is 1. The van der Waals surface area contributed by atoms with Crippen molar-refractivity contribution in [3.63, 3.8) is 0 Å². The molecule has 0 saturated heterocycles. The van der Waals surface area contributed by atoms with Crippen molar-refractivity contribution in [2.24, 2.45) is 0 Å². The number of rotatable bonds is 6. The fraction of sp³-hybridized carbons (Fsp3) is 0.600. The summed E-state index contributed by atoms with van der Waals surface area (Å²) in [6.45, 7) is 9.85. The molecule has 19 heavy (non-hydrogen) atoms. The van der Waals surface area contributed by atoms with Crippen molar-refractivity contribution in [1.82, 2.24) is 5.32 Å². The maximum atomic E-state index is 12.3. The minimum Gasteiger partial charge on any atom is -0.496 e. The minimum atomic E-state index is -0.915. The van der Waals surface area contributed by atoms with E-state index in [4.69, 9.17) is 4.74 Å². The van der Waals surface area contributed by atoms with Gasteiger partial charge in [0.1, 0.15) is 5.75 Å². The summed E-state index contributed by atoms with van der Waals surface area (Å²) in [6, 6.07) is 6.10. The summed E-state index contributed by atoms with van der Waals surface area (Å²) in [7, 11) is 0.741. The largest absolute Gasteiger partial charge is 0.496 e. The Labute approximate surface area is 119 Å². The Hall–Kier alpha value is -0.870. The number of nitrogens with one attached hydrogen (secondary N) is 1. The summed E-state index contributed by atoms with van der Waals surface area (Å²) in [5, 5.41) is 3.30. The smallest absolute Gasteiger partial charge is 0.123 e. The first-order valence-electron chi connectivity index (χ1n) is 6.63. The highest BCUT2D eigenvalue weighted by molar-refractivity contribution is 7.85. The molecule has 1 rings (SSSR count). The molecule has 1 aromatic carbocycles. The van der Waals surface area contributed by atoms with Crippen molar-refractivity contribution in [3.8, 4) is 5.75 Å². The maximum absolute atomic E-state index is 12.3. The van der Waals surface area contributed by atoms with Crippen LogP contribution in [0.25, 0.3) is 0 Å². The van der Waals surface area contributed by atoms with E-state index < -0.39 is 10.8 Å². The monoisotopic (exact) mass is 283 g/mol. The van der Waals surface area contributed by atoms with Crippen LogP contribution in [0, 0.1) is 0 Å². The third kappa shape index (κ3) is 4.96. The van der Waals surface area contributed by atoms with Crippen LogP contribution in [0.15, 0.2) is 18.2 Å². The molecule has 4 heteroatoms. The average Bonchev–Trinajstić information content (AvgIpc) is 2.35. The van der Waals surface area contributed by atoms with Gasteiger partial charge >= 0.3 is 0 Å². The zero-order valence-corrected chi connectivity index (χ0v) is 13.4. The molecule has 0 aliphatic heterocycles. The number of hydrogen-bond donors (Lipinski definition) is 1. The third-order valence-electron chi connectivity index (χ3n) is 2.89. The van der Waals surface area contributed by atoms with Crippen LogP contribution in [0.1, 0.15) is 38.8 Å². The van der Waals surface area contributed by atoms with Gasteiger partial charge in [-0.15, -0.1) is 0 Å². The van der Waals surface area contributed by atoms with Crippen molar-refractivity contribution in [2.45, 2.75) is 44.7 Å². The molecule has 1 unspecified atom stereocenters. The molecule has 0 saturated carbocycles. The van der Waals surface area contributed by atoms with Crippen LogP contribution in [0.4, 0.5) is 0 Å². The molecule has 0 bridgehead atoms. The first-order chi connectivity index (χ1) is 8.88. The maximum Gasteiger partial charge on any atom is 0.123 e. The lowest BCUT2D eigenvalue weighted by molar-refractivity contribution is 0.411. The van der Waals surface area contributed by atoms with Gasteiger partial charge in [-0.3, -0.25) is 4.21 Å². The molecule has 1 aromatic rings. The Morgan fingerprint density at radius 1 is 1.32 bits per heavy atom. The van der Waals surface area contributed by atoms with E-state index in [1.807, 2.05) is 32.9 Å². The summed E-state index contributed by atoms with van der Waals surface area (Å²) >= 11 is 0. The molecule has 1 N–H and O–H groups in total. The highest BCUT2D eigenvalue weighted by atomic mass is 32.2. The summed E-state index contributed by atoms with van der Waals surface area (Å²) < 4.78 is 17.4. The topological polar surface area (TPSA) is 38.3 Å². The Kier molecular flexibility index (Phi) is 6.01. The van der Waals surface area contributed by atoms with Crippen molar-refractivity contribution in [2.75, 3.05) is 13.7 Å². The predicted octanol–water partition coefficient (Wildman–Crippen LogP) is 2.85. The molecular formula is C15H25NO2S. The molecular weight excluding hydrogens is 258 g/mol. The molecule has 0 amide bonds. The van der Waals surface area contributed by atoms with Gasteiger partial charge in [-0.2, -0.15) is 0 Å². The molecule has 1 atom stereocenters. The predicted molar refractivity (Wildman–Crippen MR) is 82.0 cm³/mol. The molecule has 0 spiro atoms. The van der Waals surface area contributed by atoms with E-state index in [1.165, 1.54) is 5.56 Å². The fourth-order valence-corrected chi connectivity index (χ4v) is 2.62. The molecule has 0 radical (unpaired) electrons. The number of benzene rings is 1. The van der Waals surface area contributed by atoms with E-state index in [9.17, 15) is 4.21 Å². The molecule has 0 aliphatic rings. The first-order valence-corrected chi connectivity index (χ1v) is 7.95. The molecule has 0 aromatic heterocycles. The summed E-state index contributed by atoms with van der Waals surface area (Å²) in [5.74, 6) is 1.35. The third-order valence-corrected chi connectivity index (χ3v) is 4.83. The van der Waals surface area contributed by atoms with Crippen LogP contribution in [-0.2, 0) is 23.1 Å². The van der Waals surface area contributed by atoms with Gasteiger partial charge in [0.05, 0.1) is 12.9 Å². The van der Waals surface area contributed by atoms with Gasteiger partial charge in [0, 0.05) is 27.7 Å². The minimum absolute atomic E-state index is 0.206. The zero-order chi connectivity index (χ0) is 14.5. The van der Waals surface area contributed by atoms with Crippen LogP contribution in [0.2, 0.25) is 0 Å². The normalized spacial score (nSPS) is 13.3. The number of methoxy groups -OCH3 is 1. The summed E-state index contributed by atoms with van der Waals surface area (Å²) in [4.78, 5) is 0. The summed E-state index contributed by atoms with van der Waals surface area (Å²) in [6.07, 6.45) is 0. The van der Waals surface area contributed by atoms with E-state index in [1.54, 1.807) is 7.11 Å². The Bertz CT molecular complexity index is 438. The quantitative estimate of drug-likeness (QED) is 0.872. The van der Waals surface area contributed by atoms with Crippen LogP contribution < -0.4 is 10.1 Å². The van der Waals surface area contributed by atoms with Crippen molar-refractivity contribution in [3.05, 3.63) is 29.3 Å². The van der Waals surface area contributed by atoms with Gasteiger partial charge in [0.15, 0.2) is 0 Å². The highest BCUT2D eigenvalue weighted by Crippen LogP contribution is 2.24.